The van der Waals surface area contributed by atoms with Crippen LogP contribution in [-0.2, 0) is 19.3 Å². The maximum Gasteiger partial charge on any atom is 0.343 e. The van der Waals surface area contributed by atoms with Crippen LogP contribution in [0.15, 0.2) is 44.6 Å². The van der Waals surface area contributed by atoms with Crippen LogP contribution in [0.1, 0.15) is 60.2 Å². The molecule has 2 N–H and O–H groups in total. The highest BCUT2D eigenvalue weighted by Crippen LogP contribution is 2.40. The second-order valence-electron chi connectivity index (χ2n) is 6.93. The van der Waals surface area contributed by atoms with Gasteiger partial charge in [0.05, 0.1) is 18.1 Å². The van der Waals surface area contributed by atoms with Gasteiger partial charge in [0.1, 0.15) is 27.5 Å². The first kappa shape index (κ1) is 25.7. The van der Waals surface area contributed by atoms with E-state index in [1.165, 1.54) is 24.3 Å². The molecule has 0 aromatic heterocycles. The number of hydrogen-bond donors (Lipinski definition) is 2. The van der Waals surface area contributed by atoms with Crippen molar-refractivity contribution in [2.24, 2.45) is 0 Å². The Morgan fingerprint density at radius 2 is 1.47 bits per heavy atom. The number of halogens is 1. The molecule has 0 saturated carbocycles. The molecule has 2 aromatic rings. The van der Waals surface area contributed by atoms with Crippen LogP contribution in [0.2, 0.25) is 0 Å². The van der Waals surface area contributed by atoms with E-state index in [1.807, 2.05) is 13.8 Å². The van der Waals surface area contributed by atoms with Gasteiger partial charge in [0.2, 0.25) is 9.84 Å². The van der Waals surface area contributed by atoms with Gasteiger partial charge >= 0.3 is 11.9 Å². The highest BCUT2D eigenvalue weighted by Gasteiger charge is 2.35. The largest absolute Gasteiger partial charge is 0.507 e. The molecule has 32 heavy (non-hydrogen) atoms. The second-order valence-corrected chi connectivity index (χ2v) is 9.73. The van der Waals surface area contributed by atoms with Crippen molar-refractivity contribution in [1.29, 1.82) is 0 Å². The number of phenols is 2. The molecule has 2 rings (SSSR count). The van der Waals surface area contributed by atoms with E-state index in [4.69, 9.17) is 9.47 Å². The van der Waals surface area contributed by atoms with Crippen LogP contribution >= 0.6 is 15.9 Å². The standard InChI is InChI=1S/C22H25BrO8S/c1-3-5-11-30-21(26)16-13-17(24)18(22(27)31-12-6-4-2)20(19(16)25)32(28,29)15-9-7-14(23)8-10-15/h7-10,13,24-25H,3-6,11-12H2,1-2H3. The molecule has 10 heteroatoms. The molecule has 2 aromatic carbocycles. The zero-order chi connectivity index (χ0) is 23.9. The lowest BCUT2D eigenvalue weighted by molar-refractivity contribution is 0.0474. The number of sulfone groups is 1. The molecule has 0 spiro atoms. The minimum Gasteiger partial charge on any atom is -0.507 e. The zero-order valence-corrected chi connectivity index (χ0v) is 20.2. The van der Waals surface area contributed by atoms with Gasteiger partial charge in [-0.15, -0.1) is 0 Å². The number of unbranched alkanes of at least 4 members (excludes halogenated alkanes) is 2. The Morgan fingerprint density at radius 1 is 0.938 bits per heavy atom. The summed E-state index contributed by atoms with van der Waals surface area (Å²) in [5.41, 5.74) is -1.31. The summed E-state index contributed by atoms with van der Waals surface area (Å²) in [6.07, 6.45) is 2.55. The highest BCUT2D eigenvalue weighted by atomic mass is 79.9. The van der Waals surface area contributed by atoms with Gasteiger partial charge in [-0.2, -0.15) is 0 Å². The minimum absolute atomic E-state index is 0.00584. The average Bonchev–Trinajstić information content (AvgIpc) is 2.75. The molecular weight excluding hydrogens is 504 g/mol. The van der Waals surface area contributed by atoms with Crippen LogP contribution in [0, 0.1) is 0 Å². The van der Waals surface area contributed by atoms with Gasteiger partial charge < -0.3 is 19.7 Å². The van der Waals surface area contributed by atoms with Crippen molar-refractivity contribution in [3.05, 3.63) is 45.9 Å². The Labute approximate surface area is 195 Å². The average molecular weight is 529 g/mol. The monoisotopic (exact) mass is 528 g/mol. The third kappa shape index (κ3) is 5.80. The predicted molar refractivity (Wildman–Crippen MR) is 120 cm³/mol. The van der Waals surface area contributed by atoms with Crippen LogP contribution in [0.3, 0.4) is 0 Å². The number of benzene rings is 2. The van der Waals surface area contributed by atoms with E-state index in [0.29, 0.717) is 17.3 Å². The molecular formula is C22H25BrO8S. The fraction of sp³-hybridized carbons (Fsp3) is 0.364. The van der Waals surface area contributed by atoms with Crippen LogP contribution in [0.5, 0.6) is 11.5 Å². The summed E-state index contributed by atoms with van der Waals surface area (Å²) in [6, 6.07) is 6.25. The molecule has 0 saturated heterocycles. The first-order valence-corrected chi connectivity index (χ1v) is 12.4. The topological polar surface area (TPSA) is 127 Å². The van der Waals surface area contributed by atoms with Crippen molar-refractivity contribution in [3.8, 4) is 11.5 Å². The molecule has 174 valence electrons. The number of hydrogen-bond acceptors (Lipinski definition) is 8. The smallest absolute Gasteiger partial charge is 0.343 e. The maximum absolute atomic E-state index is 13.4. The van der Waals surface area contributed by atoms with Crippen molar-refractivity contribution in [2.45, 2.75) is 49.3 Å². The lowest BCUT2D eigenvalue weighted by Crippen LogP contribution is -2.16. The van der Waals surface area contributed by atoms with Gasteiger partial charge in [0.25, 0.3) is 0 Å². The Bertz CT molecular complexity index is 1080. The molecule has 8 nitrogen and oxygen atoms in total. The third-order valence-corrected chi connectivity index (χ3v) is 6.87. The minimum atomic E-state index is -4.54. The molecule has 0 fully saturated rings. The van der Waals surface area contributed by atoms with Crippen LogP contribution in [-0.4, -0.2) is 43.8 Å². The molecule has 0 aliphatic rings. The lowest BCUT2D eigenvalue weighted by atomic mass is 10.1. The summed E-state index contributed by atoms with van der Waals surface area (Å²) in [5, 5.41) is 21.3. The molecule has 0 radical (unpaired) electrons. The number of rotatable bonds is 10. The summed E-state index contributed by atoms with van der Waals surface area (Å²) < 4.78 is 37.5. The maximum atomic E-state index is 13.4. The SMILES string of the molecule is CCCCOC(=O)c1cc(O)c(C(=O)OCCCC)c(S(=O)(=O)c2ccc(Br)cc2)c1O. The molecule has 0 aliphatic heterocycles. The quantitative estimate of drug-likeness (QED) is 0.260. The number of ether oxygens (including phenoxy) is 2. The van der Waals surface area contributed by atoms with Crippen molar-refractivity contribution in [1.82, 2.24) is 0 Å². The van der Waals surface area contributed by atoms with Crippen LogP contribution in [0.4, 0.5) is 0 Å². The lowest BCUT2D eigenvalue weighted by Gasteiger charge is -2.16. The van der Waals surface area contributed by atoms with Gasteiger partial charge in [0, 0.05) is 4.47 Å². The fourth-order valence-corrected chi connectivity index (χ4v) is 4.56. The highest BCUT2D eigenvalue weighted by molar-refractivity contribution is 9.10. The van der Waals surface area contributed by atoms with Crippen molar-refractivity contribution in [2.75, 3.05) is 13.2 Å². The Balaban J connectivity index is 2.68. The Kier molecular flexibility index (Phi) is 9.09. The van der Waals surface area contributed by atoms with Gasteiger partial charge in [0.15, 0.2) is 0 Å². The van der Waals surface area contributed by atoms with E-state index in [9.17, 15) is 28.2 Å². The Morgan fingerprint density at radius 3 is 2.00 bits per heavy atom. The van der Waals surface area contributed by atoms with Crippen molar-refractivity contribution < 1.29 is 37.7 Å². The van der Waals surface area contributed by atoms with E-state index in [1.54, 1.807) is 0 Å². The normalized spacial score (nSPS) is 11.2. The fourth-order valence-electron chi connectivity index (χ4n) is 2.75. The van der Waals surface area contributed by atoms with E-state index < -0.39 is 49.3 Å². The number of phenolic OH excluding ortho intramolecular Hbond substituents is 2. The van der Waals surface area contributed by atoms with Gasteiger partial charge in [-0.25, -0.2) is 18.0 Å². The van der Waals surface area contributed by atoms with Gasteiger partial charge in [-0.05, 0) is 43.2 Å². The third-order valence-electron chi connectivity index (χ3n) is 4.51. The molecule has 0 aliphatic carbocycles. The summed E-state index contributed by atoms with van der Waals surface area (Å²) in [4.78, 5) is 23.9. The molecule has 0 amide bonds. The number of aromatic hydroxyl groups is 2. The first-order valence-electron chi connectivity index (χ1n) is 10.1. The molecule has 0 unspecified atom stereocenters. The molecule has 0 bridgehead atoms. The number of carbonyl (C=O) groups excluding carboxylic acids is 2. The Hall–Kier alpha value is -2.59. The molecule has 0 atom stereocenters. The van der Waals surface area contributed by atoms with Crippen LogP contribution in [0.25, 0.3) is 0 Å². The molecule has 0 heterocycles. The van der Waals surface area contributed by atoms with Crippen LogP contribution < -0.4 is 0 Å². The zero-order valence-electron chi connectivity index (χ0n) is 17.8. The summed E-state index contributed by atoms with van der Waals surface area (Å²) in [7, 11) is -4.54. The van der Waals surface area contributed by atoms with E-state index in [2.05, 4.69) is 15.9 Å². The predicted octanol–water partition coefficient (Wildman–Crippen LogP) is 4.61. The van der Waals surface area contributed by atoms with E-state index >= 15 is 0 Å². The van der Waals surface area contributed by atoms with Crippen molar-refractivity contribution >= 4 is 37.7 Å². The van der Waals surface area contributed by atoms with Crippen molar-refractivity contribution in [3.63, 3.8) is 0 Å². The van der Waals surface area contributed by atoms with E-state index in [-0.39, 0.29) is 18.1 Å². The summed E-state index contributed by atoms with van der Waals surface area (Å²) >= 11 is 3.21. The van der Waals surface area contributed by atoms with Gasteiger partial charge in [-0.3, -0.25) is 0 Å². The number of esters is 2. The van der Waals surface area contributed by atoms with Gasteiger partial charge in [-0.1, -0.05) is 42.6 Å². The van der Waals surface area contributed by atoms with E-state index in [0.717, 1.165) is 18.9 Å². The summed E-state index contributed by atoms with van der Waals surface area (Å²) in [6.45, 7) is 3.80. The summed E-state index contributed by atoms with van der Waals surface area (Å²) in [5.74, 6) is -3.96. The second kappa shape index (κ2) is 11.3. The first-order chi connectivity index (χ1) is 15.1. The number of carbonyl (C=O) groups is 2.